The van der Waals surface area contributed by atoms with Gasteiger partial charge < -0.3 is 20.5 Å². The molecule has 1 heterocycles. The minimum Gasteiger partial charge on any atom is -0.354 e. The summed E-state index contributed by atoms with van der Waals surface area (Å²) in [5.74, 6) is 0.213. The maximum Gasteiger partial charge on any atom is 0.237 e. The standard InChI is InChI=1S/C15H26N2O3S/c1-10(2)7-12(16)14(18)17-13(15(19-3)20-4)8-11-5-6-21-9-11/h5-6,9-10,12-13,15H,7-8,16H2,1-4H3,(H,17,18)/t12-,13?/m0/s1. The molecule has 2 atom stereocenters. The number of nitrogens with one attached hydrogen (secondary N) is 1. The molecule has 1 unspecified atom stereocenters. The van der Waals surface area contributed by atoms with Crippen molar-refractivity contribution in [3.8, 4) is 0 Å². The summed E-state index contributed by atoms with van der Waals surface area (Å²) in [5.41, 5.74) is 7.07. The summed E-state index contributed by atoms with van der Waals surface area (Å²) in [6.07, 6.45) is 0.803. The SMILES string of the molecule is COC(OC)C(Cc1ccsc1)NC(=O)[C@@H](N)CC(C)C. The third-order valence-corrected chi connectivity index (χ3v) is 3.95. The predicted molar refractivity (Wildman–Crippen MR) is 85.2 cm³/mol. The maximum atomic E-state index is 12.2. The molecular formula is C15H26N2O3S. The van der Waals surface area contributed by atoms with Crippen LogP contribution in [-0.4, -0.2) is 38.5 Å². The van der Waals surface area contributed by atoms with Crippen molar-refractivity contribution in [1.29, 1.82) is 0 Å². The third kappa shape index (κ3) is 6.13. The lowest BCUT2D eigenvalue weighted by Gasteiger charge is -2.27. The Balaban J connectivity index is 2.69. The van der Waals surface area contributed by atoms with E-state index in [4.69, 9.17) is 15.2 Å². The van der Waals surface area contributed by atoms with Crippen LogP contribution in [0.2, 0.25) is 0 Å². The van der Waals surface area contributed by atoms with E-state index < -0.39 is 12.3 Å². The second-order valence-electron chi connectivity index (χ2n) is 5.53. The van der Waals surface area contributed by atoms with Crippen molar-refractivity contribution in [2.75, 3.05) is 14.2 Å². The number of nitrogens with two attached hydrogens (primary N) is 1. The van der Waals surface area contributed by atoms with Crippen LogP contribution in [0.4, 0.5) is 0 Å². The highest BCUT2D eigenvalue weighted by Crippen LogP contribution is 2.13. The lowest BCUT2D eigenvalue weighted by molar-refractivity contribution is -0.138. The van der Waals surface area contributed by atoms with Gasteiger partial charge in [0, 0.05) is 14.2 Å². The van der Waals surface area contributed by atoms with Gasteiger partial charge in [0.1, 0.15) is 0 Å². The van der Waals surface area contributed by atoms with E-state index >= 15 is 0 Å². The minimum absolute atomic E-state index is 0.164. The first kappa shape index (κ1) is 18.1. The fourth-order valence-corrected chi connectivity index (χ4v) is 2.89. The van der Waals surface area contributed by atoms with Gasteiger partial charge in [0.25, 0.3) is 0 Å². The molecule has 120 valence electrons. The van der Waals surface area contributed by atoms with Crippen LogP contribution in [0.5, 0.6) is 0 Å². The quantitative estimate of drug-likeness (QED) is 0.681. The molecule has 5 nitrogen and oxygen atoms in total. The Morgan fingerprint density at radius 3 is 2.52 bits per heavy atom. The average Bonchev–Trinajstić information content (AvgIpc) is 2.92. The fraction of sp³-hybridized carbons (Fsp3) is 0.667. The molecule has 0 aliphatic rings. The molecule has 0 fully saturated rings. The second kappa shape index (κ2) is 9.15. The maximum absolute atomic E-state index is 12.2. The molecule has 0 saturated heterocycles. The molecular weight excluding hydrogens is 288 g/mol. The average molecular weight is 314 g/mol. The van der Waals surface area contributed by atoms with E-state index in [0.717, 1.165) is 5.56 Å². The van der Waals surface area contributed by atoms with Crippen molar-refractivity contribution >= 4 is 17.2 Å². The second-order valence-corrected chi connectivity index (χ2v) is 6.31. The highest BCUT2D eigenvalue weighted by atomic mass is 32.1. The monoisotopic (exact) mass is 314 g/mol. The fourth-order valence-electron chi connectivity index (χ4n) is 2.21. The van der Waals surface area contributed by atoms with Crippen LogP contribution < -0.4 is 11.1 Å². The highest BCUT2D eigenvalue weighted by Gasteiger charge is 2.26. The number of thiophene rings is 1. The molecule has 6 heteroatoms. The Hall–Kier alpha value is -0.950. The van der Waals surface area contributed by atoms with E-state index in [1.54, 1.807) is 25.6 Å². The first-order valence-corrected chi connectivity index (χ1v) is 8.04. The zero-order valence-corrected chi connectivity index (χ0v) is 14.0. The van der Waals surface area contributed by atoms with Crippen LogP contribution in [0.3, 0.4) is 0 Å². The number of hydrogen-bond donors (Lipinski definition) is 2. The van der Waals surface area contributed by atoms with Crippen molar-refractivity contribution in [3.63, 3.8) is 0 Å². The summed E-state index contributed by atoms with van der Waals surface area (Å²) < 4.78 is 10.6. The van der Waals surface area contributed by atoms with E-state index in [-0.39, 0.29) is 11.9 Å². The molecule has 1 aromatic heterocycles. The lowest BCUT2D eigenvalue weighted by atomic mass is 10.0. The van der Waals surface area contributed by atoms with Crippen LogP contribution in [0.1, 0.15) is 25.8 Å². The van der Waals surface area contributed by atoms with Crippen molar-refractivity contribution in [1.82, 2.24) is 5.32 Å². The largest absolute Gasteiger partial charge is 0.354 e. The van der Waals surface area contributed by atoms with Gasteiger partial charge in [0.2, 0.25) is 5.91 Å². The van der Waals surface area contributed by atoms with E-state index in [9.17, 15) is 4.79 Å². The molecule has 0 aromatic carbocycles. The predicted octanol–water partition coefficient (Wildman–Crippen LogP) is 1.77. The van der Waals surface area contributed by atoms with Gasteiger partial charge in [0.05, 0.1) is 12.1 Å². The van der Waals surface area contributed by atoms with Crippen LogP contribution >= 0.6 is 11.3 Å². The summed E-state index contributed by atoms with van der Waals surface area (Å²) in [4.78, 5) is 12.2. The number of hydrogen-bond acceptors (Lipinski definition) is 5. The third-order valence-electron chi connectivity index (χ3n) is 3.22. The summed E-state index contributed by atoms with van der Waals surface area (Å²) in [6.45, 7) is 4.09. The van der Waals surface area contributed by atoms with Crippen molar-refractivity contribution < 1.29 is 14.3 Å². The number of carbonyl (C=O) groups excluding carboxylic acids is 1. The smallest absolute Gasteiger partial charge is 0.237 e. The van der Waals surface area contributed by atoms with Crippen molar-refractivity contribution in [3.05, 3.63) is 22.4 Å². The van der Waals surface area contributed by atoms with Gasteiger partial charge in [-0.2, -0.15) is 11.3 Å². The first-order chi connectivity index (χ1) is 9.97. The Morgan fingerprint density at radius 1 is 1.38 bits per heavy atom. The van der Waals surface area contributed by atoms with Gasteiger partial charge in [-0.25, -0.2) is 0 Å². The molecule has 0 saturated carbocycles. The molecule has 1 rings (SSSR count). The lowest BCUT2D eigenvalue weighted by Crippen LogP contribution is -2.52. The van der Waals surface area contributed by atoms with E-state index in [1.807, 2.05) is 25.3 Å². The summed E-state index contributed by atoms with van der Waals surface area (Å²) >= 11 is 1.62. The topological polar surface area (TPSA) is 73.6 Å². The molecule has 0 aliphatic heterocycles. The van der Waals surface area contributed by atoms with Gasteiger partial charge >= 0.3 is 0 Å². The highest BCUT2D eigenvalue weighted by molar-refractivity contribution is 7.07. The molecule has 21 heavy (non-hydrogen) atoms. The summed E-state index contributed by atoms with van der Waals surface area (Å²) in [5, 5.41) is 7.01. The molecule has 0 spiro atoms. The zero-order chi connectivity index (χ0) is 15.8. The van der Waals surface area contributed by atoms with Crippen molar-refractivity contribution in [2.24, 2.45) is 11.7 Å². The minimum atomic E-state index is -0.510. The Morgan fingerprint density at radius 2 is 2.05 bits per heavy atom. The molecule has 1 amide bonds. The molecule has 0 bridgehead atoms. The van der Waals surface area contributed by atoms with Gasteiger partial charge in [0.15, 0.2) is 6.29 Å². The van der Waals surface area contributed by atoms with Crippen LogP contribution in [0.25, 0.3) is 0 Å². The van der Waals surface area contributed by atoms with Crippen molar-refractivity contribution in [2.45, 2.75) is 45.1 Å². The summed E-state index contributed by atoms with van der Waals surface area (Å²) in [6, 6.07) is 1.25. The number of ether oxygens (including phenoxy) is 2. The summed E-state index contributed by atoms with van der Waals surface area (Å²) in [7, 11) is 3.13. The Kier molecular flexibility index (Phi) is 7.88. The van der Waals surface area contributed by atoms with E-state index in [0.29, 0.717) is 18.8 Å². The van der Waals surface area contributed by atoms with Gasteiger partial charge in [-0.3, -0.25) is 4.79 Å². The number of amides is 1. The number of rotatable bonds is 9. The van der Waals surface area contributed by atoms with Gasteiger partial charge in [-0.15, -0.1) is 0 Å². The van der Waals surface area contributed by atoms with Gasteiger partial charge in [-0.1, -0.05) is 13.8 Å². The molecule has 1 aromatic rings. The Labute approximate surface area is 130 Å². The van der Waals surface area contributed by atoms with E-state index in [1.165, 1.54) is 0 Å². The zero-order valence-electron chi connectivity index (χ0n) is 13.2. The number of methoxy groups -OCH3 is 2. The van der Waals surface area contributed by atoms with E-state index in [2.05, 4.69) is 10.7 Å². The van der Waals surface area contributed by atoms with Crippen LogP contribution in [0.15, 0.2) is 16.8 Å². The van der Waals surface area contributed by atoms with Crippen LogP contribution in [-0.2, 0) is 20.7 Å². The first-order valence-electron chi connectivity index (χ1n) is 7.10. The van der Waals surface area contributed by atoms with Crippen LogP contribution in [0, 0.1) is 5.92 Å². The molecule has 3 N–H and O–H groups in total. The number of carbonyl (C=O) groups is 1. The van der Waals surface area contributed by atoms with Gasteiger partial charge in [-0.05, 0) is 41.1 Å². The normalized spacial score (nSPS) is 14.4. The Bertz CT molecular complexity index is 405. The molecule has 0 radical (unpaired) electrons. The molecule has 0 aliphatic carbocycles.